The van der Waals surface area contributed by atoms with Crippen molar-refractivity contribution in [2.45, 2.75) is 0 Å². The van der Waals surface area contributed by atoms with Crippen LogP contribution >= 0.6 is 22.6 Å². The predicted molar refractivity (Wildman–Crippen MR) is 55.0 cm³/mol. The van der Waals surface area contributed by atoms with Crippen LogP contribution in [0.2, 0.25) is 0 Å². The fraction of sp³-hybridized carbons (Fsp3) is 0. The van der Waals surface area contributed by atoms with E-state index in [0.29, 0.717) is 9.22 Å². The summed E-state index contributed by atoms with van der Waals surface area (Å²) in [6.07, 6.45) is 1.10. The van der Waals surface area contributed by atoms with E-state index in [1.165, 1.54) is 6.07 Å². The first kappa shape index (κ1) is 8.61. The maximum Gasteiger partial charge on any atom is 0.258 e. The fourth-order valence-corrected chi connectivity index (χ4v) is 1.62. The molecule has 66 valence electrons. The molecule has 0 amide bonds. The molecule has 2 aromatic heterocycles. The van der Waals surface area contributed by atoms with Gasteiger partial charge in [-0.1, -0.05) is 0 Å². The fourth-order valence-electron chi connectivity index (χ4n) is 1.08. The molecule has 13 heavy (non-hydrogen) atoms. The first-order valence-corrected chi connectivity index (χ1v) is 4.59. The molecular weight excluding hydrogens is 286 g/mol. The van der Waals surface area contributed by atoms with Crippen molar-refractivity contribution in [3.05, 3.63) is 38.2 Å². The summed E-state index contributed by atoms with van der Waals surface area (Å²) in [5.41, 5.74) is 0.198. The van der Waals surface area contributed by atoms with Crippen LogP contribution in [-0.2, 0) is 0 Å². The molecule has 0 unspecified atom stereocenters. The lowest BCUT2D eigenvalue weighted by molar-refractivity contribution is 0.624. The molecule has 1 N–H and O–H groups in total. The van der Waals surface area contributed by atoms with Gasteiger partial charge in [-0.3, -0.25) is 9.78 Å². The van der Waals surface area contributed by atoms with Gasteiger partial charge in [0.05, 0.1) is 20.8 Å². The molecule has 0 aliphatic heterocycles. The summed E-state index contributed by atoms with van der Waals surface area (Å²) in [7, 11) is 0. The standard InChI is InChI=1S/C8H4FIN2O/c9-4-1-5-6(11-3-4)2-7(10)12-8(5)13/h1-3H,(H,12,13). The van der Waals surface area contributed by atoms with Gasteiger partial charge in [-0.15, -0.1) is 0 Å². The summed E-state index contributed by atoms with van der Waals surface area (Å²) in [6.45, 7) is 0. The Bertz CT molecular complexity index is 523. The highest BCUT2D eigenvalue weighted by atomic mass is 127. The lowest BCUT2D eigenvalue weighted by atomic mass is 10.3. The number of H-pyrrole nitrogens is 1. The van der Waals surface area contributed by atoms with E-state index in [1.54, 1.807) is 6.07 Å². The summed E-state index contributed by atoms with van der Waals surface area (Å²) in [4.78, 5) is 17.7. The van der Waals surface area contributed by atoms with Crippen LogP contribution in [-0.4, -0.2) is 9.97 Å². The second-order valence-electron chi connectivity index (χ2n) is 2.53. The number of nitrogens with zero attached hydrogens (tertiary/aromatic N) is 1. The van der Waals surface area contributed by atoms with Crippen LogP contribution in [0.15, 0.2) is 23.1 Å². The summed E-state index contributed by atoms with van der Waals surface area (Å²) in [5, 5.41) is 0.278. The van der Waals surface area contributed by atoms with E-state index < -0.39 is 5.82 Å². The highest BCUT2D eigenvalue weighted by molar-refractivity contribution is 14.1. The summed E-state index contributed by atoms with van der Waals surface area (Å²) < 4.78 is 13.4. The van der Waals surface area contributed by atoms with Gasteiger partial charge < -0.3 is 4.98 Å². The van der Waals surface area contributed by atoms with Crippen molar-refractivity contribution in [3.63, 3.8) is 0 Å². The molecule has 0 aromatic carbocycles. The number of rotatable bonds is 0. The number of aromatic nitrogens is 2. The lowest BCUT2D eigenvalue weighted by Gasteiger charge is -1.96. The van der Waals surface area contributed by atoms with Crippen molar-refractivity contribution in [2.75, 3.05) is 0 Å². The molecule has 0 aliphatic rings. The first-order chi connectivity index (χ1) is 6.16. The number of hydrogen-bond donors (Lipinski definition) is 1. The molecule has 0 spiro atoms. The normalized spacial score (nSPS) is 10.6. The average molecular weight is 290 g/mol. The Labute approximate surface area is 86.1 Å². The van der Waals surface area contributed by atoms with E-state index >= 15 is 0 Å². The third-order valence-corrected chi connectivity index (χ3v) is 2.21. The Hall–Kier alpha value is -0.980. The van der Waals surface area contributed by atoms with Crippen LogP contribution in [0.1, 0.15) is 0 Å². The Morgan fingerprint density at radius 3 is 3.00 bits per heavy atom. The molecule has 2 rings (SSSR count). The van der Waals surface area contributed by atoms with Gasteiger partial charge in [-0.2, -0.15) is 0 Å². The van der Waals surface area contributed by atoms with Crippen molar-refractivity contribution < 1.29 is 4.39 Å². The minimum absolute atomic E-state index is 0.278. The van der Waals surface area contributed by atoms with E-state index in [1.807, 2.05) is 22.6 Å². The van der Waals surface area contributed by atoms with Gasteiger partial charge in [0, 0.05) is 0 Å². The van der Waals surface area contributed by atoms with Gasteiger partial charge in [-0.25, -0.2) is 4.39 Å². The lowest BCUT2D eigenvalue weighted by Crippen LogP contribution is -2.08. The van der Waals surface area contributed by atoms with E-state index in [4.69, 9.17) is 0 Å². The Balaban J connectivity index is 2.95. The van der Waals surface area contributed by atoms with Crippen LogP contribution in [0.25, 0.3) is 10.9 Å². The van der Waals surface area contributed by atoms with Crippen molar-refractivity contribution in [1.82, 2.24) is 9.97 Å². The van der Waals surface area contributed by atoms with Crippen LogP contribution < -0.4 is 5.56 Å². The number of aromatic amines is 1. The number of pyridine rings is 2. The van der Waals surface area contributed by atoms with E-state index in [2.05, 4.69) is 9.97 Å². The zero-order valence-electron chi connectivity index (χ0n) is 6.34. The highest BCUT2D eigenvalue weighted by Crippen LogP contribution is 2.09. The molecule has 2 aromatic rings. The van der Waals surface area contributed by atoms with Gasteiger partial charge in [0.15, 0.2) is 0 Å². The predicted octanol–water partition coefficient (Wildman–Crippen LogP) is 1.67. The molecule has 0 radical (unpaired) electrons. The molecular formula is C8H4FIN2O. The Kier molecular flexibility index (Phi) is 2.03. The van der Waals surface area contributed by atoms with Crippen LogP contribution in [0.3, 0.4) is 0 Å². The van der Waals surface area contributed by atoms with Gasteiger partial charge in [0.25, 0.3) is 5.56 Å². The summed E-state index contributed by atoms with van der Waals surface area (Å²) in [5.74, 6) is -0.501. The van der Waals surface area contributed by atoms with Crippen molar-refractivity contribution in [1.29, 1.82) is 0 Å². The minimum Gasteiger partial charge on any atom is -0.317 e. The molecule has 2 heterocycles. The SMILES string of the molecule is O=c1[nH]c(I)cc2ncc(F)cc12. The van der Waals surface area contributed by atoms with Crippen molar-refractivity contribution in [3.8, 4) is 0 Å². The van der Waals surface area contributed by atoms with Gasteiger partial charge in [0.1, 0.15) is 5.82 Å². The average Bonchev–Trinajstić information content (AvgIpc) is 2.06. The Morgan fingerprint density at radius 2 is 2.23 bits per heavy atom. The van der Waals surface area contributed by atoms with Crippen LogP contribution in [0.4, 0.5) is 4.39 Å². The largest absolute Gasteiger partial charge is 0.317 e. The highest BCUT2D eigenvalue weighted by Gasteiger charge is 2.02. The van der Waals surface area contributed by atoms with Crippen LogP contribution in [0, 0.1) is 9.52 Å². The summed E-state index contributed by atoms with van der Waals surface area (Å²) >= 11 is 1.97. The first-order valence-electron chi connectivity index (χ1n) is 3.51. The Morgan fingerprint density at radius 1 is 1.46 bits per heavy atom. The second kappa shape index (κ2) is 3.06. The molecule has 5 heteroatoms. The van der Waals surface area contributed by atoms with Gasteiger partial charge in [0.2, 0.25) is 0 Å². The number of hydrogen-bond acceptors (Lipinski definition) is 2. The van der Waals surface area contributed by atoms with Gasteiger partial charge in [-0.05, 0) is 34.7 Å². The van der Waals surface area contributed by atoms with Crippen LogP contribution in [0.5, 0.6) is 0 Å². The maximum atomic E-state index is 12.7. The van der Waals surface area contributed by atoms with Crippen molar-refractivity contribution >= 4 is 33.5 Å². The summed E-state index contributed by atoms with van der Waals surface area (Å²) in [6, 6.07) is 2.87. The van der Waals surface area contributed by atoms with E-state index in [-0.39, 0.29) is 10.9 Å². The zero-order chi connectivity index (χ0) is 9.42. The molecule has 0 saturated heterocycles. The molecule has 0 aliphatic carbocycles. The quantitative estimate of drug-likeness (QED) is 0.592. The molecule has 0 atom stereocenters. The molecule has 0 saturated carbocycles. The minimum atomic E-state index is -0.501. The smallest absolute Gasteiger partial charge is 0.258 e. The maximum absolute atomic E-state index is 12.7. The zero-order valence-corrected chi connectivity index (χ0v) is 8.50. The van der Waals surface area contributed by atoms with E-state index in [9.17, 15) is 9.18 Å². The molecule has 0 fully saturated rings. The molecule has 3 nitrogen and oxygen atoms in total. The van der Waals surface area contributed by atoms with Crippen molar-refractivity contribution in [2.24, 2.45) is 0 Å². The van der Waals surface area contributed by atoms with Gasteiger partial charge >= 0.3 is 0 Å². The third kappa shape index (κ3) is 1.55. The topological polar surface area (TPSA) is 45.8 Å². The van der Waals surface area contributed by atoms with E-state index in [0.717, 1.165) is 6.20 Å². The number of nitrogens with one attached hydrogen (secondary N) is 1. The number of fused-ring (bicyclic) bond motifs is 1. The third-order valence-electron chi connectivity index (χ3n) is 1.63. The number of halogens is 2. The second-order valence-corrected chi connectivity index (χ2v) is 3.69. The monoisotopic (exact) mass is 290 g/mol. The molecule has 0 bridgehead atoms.